The lowest BCUT2D eigenvalue weighted by Crippen LogP contribution is -2.24. The monoisotopic (exact) mass is 561 g/mol. The predicted octanol–water partition coefficient (Wildman–Crippen LogP) is 7.12. The molecule has 2 N–H and O–H groups in total. The third kappa shape index (κ3) is 6.00. The van der Waals surface area contributed by atoms with Gasteiger partial charge in [0.1, 0.15) is 17.1 Å². The lowest BCUT2D eigenvalue weighted by atomic mass is 9.97. The van der Waals surface area contributed by atoms with E-state index >= 15 is 0 Å². The molecule has 0 atom stereocenters. The second-order valence-corrected chi connectivity index (χ2v) is 8.02. The minimum atomic E-state index is -4.62. The lowest BCUT2D eigenvalue weighted by molar-refractivity contribution is -0.139. The molecule has 5 nitrogen and oxygen atoms in total. The number of aromatic nitrogens is 1. The molecule has 0 aliphatic heterocycles. The Morgan fingerprint density at radius 3 is 2.19 bits per heavy atom. The number of methoxy groups -OCH3 is 2. The number of nitrogens with zero attached hydrogens (tertiary/aromatic N) is 1. The van der Waals surface area contributed by atoms with E-state index in [1.54, 1.807) is 42.6 Å². The largest absolute Gasteiger partial charge is 0.496 e. The van der Waals surface area contributed by atoms with Crippen molar-refractivity contribution in [3.8, 4) is 11.5 Å². The lowest BCUT2D eigenvalue weighted by Gasteiger charge is -2.22. The van der Waals surface area contributed by atoms with Crippen LogP contribution in [0.2, 0.25) is 5.02 Å². The number of fused-ring (bicyclic) bond motifs is 2. The van der Waals surface area contributed by atoms with Crippen molar-refractivity contribution < 1.29 is 22.6 Å². The number of nitrogens with one attached hydrogen (secondary N) is 2. The number of benzene rings is 3. The maximum absolute atomic E-state index is 14.1. The van der Waals surface area contributed by atoms with Crippen molar-refractivity contribution in [2.24, 2.45) is 0 Å². The van der Waals surface area contributed by atoms with Crippen LogP contribution in [0.1, 0.15) is 11.1 Å². The zero-order valence-electron chi connectivity index (χ0n) is 19.4. The molecule has 3 aromatic carbocycles. The fourth-order valence-electron chi connectivity index (χ4n) is 4.11. The molecule has 0 spiro atoms. The fourth-order valence-corrected chi connectivity index (χ4v) is 4.28. The Kier molecular flexibility index (Phi) is 10.3. The van der Waals surface area contributed by atoms with Gasteiger partial charge in [-0.15, -0.1) is 24.8 Å². The van der Waals surface area contributed by atoms with Crippen LogP contribution in [0.3, 0.4) is 0 Å². The molecule has 11 heteroatoms. The molecule has 1 heterocycles. The average molecular weight is 563 g/mol. The van der Waals surface area contributed by atoms with Gasteiger partial charge in [0.25, 0.3) is 0 Å². The maximum atomic E-state index is 14.1. The van der Waals surface area contributed by atoms with Crippen LogP contribution in [0.25, 0.3) is 21.7 Å². The summed E-state index contributed by atoms with van der Waals surface area (Å²) >= 11 is 6.03. The molecule has 0 radical (unpaired) electrons. The highest BCUT2D eigenvalue weighted by Crippen LogP contribution is 2.47. The average Bonchev–Trinajstić information content (AvgIpc) is 2.81. The molecule has 36 heavy (non-hydrogen) atoms. The Bertz CT molecular complexity index is 1340. The van der Waals surface area contributed by atoms with Crippen molar-refractivity contribution in [2.45, 2.75) is 12.7 Å². The smallest absolute Gasteiger partial charge is 0.420 e. The quantitative estimate of drug-likeness (QED) is 0.224. The van der Waals surface area contributed by atoms with Gasteiger partial charge in [0.05, 0.1) is 19.7 Å². The van der Waals surface area contributed by atoms with Crippen molar-refractivity contribution in [3.63, 3.8) is 0 Å². The zero-order chi connectivity index (χ0) is 24.3. The summed E-state index contributed by atoms with van der Waals surface area (Å²) in [5.41, 5.74) is 0.801. The van der Waals surface area contributed by atoms with E-state index in [0.29, 0.717) is 28.9 Å². The van der Waals surface area contributed by atoms with Crippen LogP contribution in [-0.4, -0.2) is 32.3 Å². The molecular formula is C25H25Cl3F3N3O2. The van der Waals surface area contributed by atoms with Crippen molar-refractivity contribution in [3.05, 3.63) is 70.9 Å². The number of hydrogen-bond donors (Lipinski definition) is 2. The minimum Gasteiger partial charge on any atom is -0.496 e. The predicted molar refractivity (Wildman–Crippen MR) is 143 cm³/mol. The molecule has 4 rings (SSSR count). The standard InChI is InChI=1S/C25H23ClF3N3O2.2ClH/c1-33-23-16-5-3-4-6-17(16)24(34-2)22(25(27,28)29)19(23)14-30-11-12-32-20-9-10-31-21-13-15(26)7-8-18(20)21;;/h3-10,13,30H,11-12,14H2,1-2H3,(H,31,32);2*1H. The number of hydrogen-bond acceptors (Lipinski definition) is 5. The summed E-state index contributed by atoms with van der Waals surface area (Å²) < 4.78 is 53.0. The molecule has 0 saturated heterocycles. The summed E-state index contributed by atoms with van der Waals surface area (Å²) in [5, 5.41) is 8.81. The first-order valence-electron chi connectivity index (χ1n) is 10.6. The van der Waals surface area contributed by atoms with Gasteiger partial charge in [-0.25, -0.2) is 0 Å². The molecule has 194 valence electrons. The number of pyridine rings is 1. The number of alkyl halides is 3. The first-order chi connectivity index (χ1) is 16.3. The van der Waals surface area contributed by atoms with E-state index in [9.17, 15) is 13.2 Å². The van der Waals surface area contributed by atoms with Crippen LogP contribution in [0.15, 0.2) is 54.7 Å². The second kappa shape index (κ2) is 12.5. The van der Waals surface area contributed by atoms with Gasteiger partial charge < -0.3 is 20.1 Å². The highest BCUT2D eigenvalue weighted by Gasteiger charge is 2.40. The van der Waals surface area contributed by atoms with E-state index in [4.69, 9.17) is 21.1 Å². The molecule has 0 unspecified atom stereocenters. The topological polar surface area (TPSA) is 55.4 Å². The summed E-state index contributed by atoms with van der Waals surface area (Å²) in [4.78, 5) is 4.31. The summed E-state index contributed by atoms with van der Waals surface area (Å²) in [7, 11) is 2.62. The normalized spacial score (nSPS) is 11.1. The molecular weight excluding hydrogens is 538 g/mol. The van der Waals surface area contributed by atoms with Gasteiger partial charge in [0.2, 0.25) is 0 Å². The summed E-state index contributed by atoms with van der Waals surface area (Å²) in [5.74, 6) is -0.0260. The Balaban J connectivity index is 0.00000228. The van der Waals surface area contributed by atoms with Gasteiger partial charge in [0.15, 0.2) is 0 Å². The molecule has 0 fully saturated rings. The van der Waals surface area contributed by atoms with Gasteiger partial charge in [-0.2, -0.15) is 13.2 Å². The van der Waals surface area contributed by atoms with E-state index in [2.05, 4.69) is 15.6 Å². The fraction of sp³-hybridized carbons (Fsp3) is 0.240. The number of ether oxygens (including phenoxy) is 2. The van der Waals surface area contributed by atoms with Crippen molar-refractivity contribution in [1.82, 2.24) is 10.3 Å². The zero-order valence-corrected chi connectivity index (χ0v) is 21.8. The van der Waals surface area contributed by atoms with Gasteiger partial charge in [-0.3, -0.25) is 4.98 Å². The Hall–Kier alpha value is -2.65. The van der Waals surface area contributed by atoms with Gasteiger partial charge in [0, 0.05) is 58.3 Å². The molecule has 0 bridgehead atoms. The van der Waals surface area contributed by atoms with Gasteiger partial charge in [-0.05, 0) is 24.3 Å². The van der Waals surface area contributed by atoms with Crippen molar-refractivity contribution >= 4 is 63.8 Å². The van der Waals surface area contributed by atoms with E-state index in [1.165, 1.54) is 14.2 Å². The highest BCUT2D eigenvalue weighted by atomic mass is 35.5. The van der Waals surface area contributed by atoms with Crippen LogP contribution in [-0.2, 0) is 12.7 Å². The van der Waals surface area contributed by atoms with Crippen LogP contribution >= 0.6 is 36.4 Å². The number of anilines is 1. The minimum absolute atomic E-state index is 0. The molecule has 4 aromatic rings. The molecule has 0 aliphatic carbocycles. The van der Waals surface area contributed by atoms with Crippen LogP contribution in [0.4, 0.5) is 18.9 Å². The van der Waals surface area contributed by atoms with Gasteiger partial charge in [-0.1, -0.05) is 35.9 Å². The summed E-state index contributed by atoms with van der Waals surface area (Å²) in [6.07, 6.45) is -2.94. The van der Waals surface area contributed by atoms with E-state index < -0.39 is 11.7 Å². The third-order valence-electron chi connectivity index (χ3n) is 5.53. The van der Waals surface area contributed by atoms with Crippen molar-refractivity contribution in [2.75, 3.05) is 32.6 Å². The van der Waals surface area contributed by atoms with Crippen LogP contribution in [0.5, 0.6) is 11.5 Å². The molecule has 1 aromatic heterocycles. The Morgan fingerprint density at radius 1 is 0.889 bits per heavy atom. The molecule has 0 saturated carbocycles. The third-order valence-corrected chi connectivity index (χ3v) is 5.77. The Morgan fingerprint density at radius 2 is 1.56 bits per heavy atom. The van der Waals surface area contributed by atoms with E-state index in [1.807, 2.05) is 12.1 Å². The highest BCUT2D eigenvalue weighted by molar-refractivity contribution is 6.31. The van der Waals surface area contributed by atoms with Crippen LogP contribution < -0.4 is 20.1 Å². The van der Waals surface area contributed by atoms with Gasteiger partial charge >= 0.3 is 6.18 Å². The first kappa shape index (κ1) is 29.6. The molecule has 0 aliphatic rings. The second-order valence-electron chi connectivity index (χ2n) is 7.59. The number of rotatable bonds is 8. The Labute approximate surface area is 224 Å². The summed E-state index contributed by atoms with van der Waals surface area (Å²) in [6, 6.07) is 14.0. The van der Waals surface area contributed by atoms with E-state index in [-0.39, 0.29) is 48.4 Å². The van der Waals surface area contributed by atoms with Crippen LogP contribution in [0, 0.1) is 0 Å². The number of halogens is 6. The summed E-state index contributed by atoms with van der Waals surface area (Å²) in [6.45, 7) is 0.844. The van der Waals surface area contributed by atoms with E-state index in [0.717, 1.165) is 16.6 Å². The molecule has 0 amide bonds. The maximum Gasteiger partial charge on any atom is 0.420 e. The van der Waals surface area contributed by atoms with Crippen molar-refractivity contribution in [1.29, 1.82) is 0 Å². The SMILES string of the molecule is COc1c(CNCCNc2ccnc3cc(Cl)ccc23)c(C(F)(F)F)c(OC)c2ccccc12.Cl.Cl. The first-order valence-corrected chi connectivity index (χ1v) is 10.9.